The zero-order chi connectivity index (χ0) is 24.3. The van der Waals surface area contributed by atoms with Gasteiger partial charge in [-0.15, -0.1) is 0 Å². The molecule has 1 saturated heterocycles. The Morgan fingerprint density at radius 3 is 2.39 bits per heavy atom. The van der Waals surface area contributed by atoms with Crippen LogP contribution in [0.1, 0.15) is 42.3 Å². The normalized spacial score (nSPS) is 19.6. The van der Waals surface area contributed by atoms with E-state index in [1.807, 2.05) is 26.8 Å². The lowest BCUT2D eigenvalue weighted by Gasteiger charge is -2.36. The molecule has 8 nitrogen and oxygen atoms in total. The number of nitrogens with zero attached hydrogens (tertiary/aromatic N) is 1. The number of amides is 1. The maximum atomic E-state index is 12.9. The second-order valence-corrected chi connectivity index (χ2v) is 10.2. The van der Waals surface area contributed by atoms with Crippen molar-refractivity contribution in [2.45, 2.75) is 57.8 Å². The number of esters is 1. The first-order chi connectivity index (χ1) is 15.5. The van der Waals surface area contributed by atoms with Crippen LogP contribution in [-0.2, 0) is 24.3 Å². The number of carbonyl (C=O) groups is 2. The molecule has 2 aromatic rings. The van der Waals surface area contributed by atoms with E-state index >= 15 is 0 Å². The number of nitrogens with one attached hydrogen (secondary N) is 1. The number of sulfonamides is 1. The van der Waals surface area contributed by atoms with Gasteiger partial charge in [-0.1, -0.05) is 18.2 Å². The Morgan fingerprint density at radius 2 is 1.76 bits per heavy atom. The molecule has 1 aliphatic rings. The highest BCUT2D eigenvalue weighted by atomic mass is 32.2. The maximum Gasteiger partial charge on any atom is 0.339 e. The van der Waals surface area contributed by atoms with Gasteiger partial charge < -0.3 is 14.4 Å². The molecule has 3 unspecified atom stereocenters. The minimum absolute atomic E-state index is 0.0728. The average Bonchev–Trinajstić information content (AvgIpc) is 2.72. The summed E-state index contributed by atoms with van der Waals surface area (Å²) >= 11 is 0. The minimum atomic E-state index is -3.92. The van der Waals surface area contributed by atoms with Gasteiger partial charge in [-0.2, -0.15) is 0 Å². The molecule has 0 radical (unpaired) electrons. The number of carbonyl (C=O) groups excluding carboxylic acids is 2. The zero-order valence-electron chi connectivity index (χ0n) is 19.5. The van der Waals surface area contributed by atoms with E-state index in [4.69, 9.17) is 9.47 Å². The summed E-state index contributed by atoms with van der Waals surface area (Å²) in [6.07, 6.45) is -1.23. The summed E-state index contributed by atoms with van der Waals surface area (Å²) in [4.78, 5) is 27.2. The minimum Gasteiger partial charge on any atom is -0.449 e. The lowest BCUT2D eigenvalue weighted by atomic mass is 10.1. The molecule has 9 heteroatoms. The number of anilines is 1. The van der Waals surface area contributed by atoms with Crippen LogP contribution in [0.2, 0.25) is 0 Å². The molecule has 1 amide bonds. The number of hydrogen-bond acceptors (Lipinski definition) is 6. The van der Waals surface area contributed by atoms with E-state index in [-0.39, 0.29) is 28.6 Å². The van der Waals surface area contributed by atoms with Crippen LogP contribution in [0.25, 0.3) is 0 Å². The van der Waals surface area contributed by atoms with Gasteiger partial charge in [0.05, 0.1) is 22.7 Å². The fraction of sp³-hybridized carbons (Fsp3) is 0.417. The van der Waals surface area contributed by atoms with Crippen molar-refractivity contribution in [1.29, 1.82) is 0 Å². The first-order valence-electron chi connectivity index (χ1n) is 10.8. The molecular formula is C24H30N2O6S. The summed E-state index contributed by atoms with van der Waals surface area (Å²) in [5.74, 6) is -1.07. The number of rotatable bonds is 6. The van der Waals surface area contributed by atoms with Crippen molar-refractivity contribution in [3.05, 3.63) is 59.2 Å². The molecule has 1 N–H and O–H groups in total. The molecule has 0 spiro atoms. The zero-order valence-corrected chi connectivity index (χ0v) is 20.3. The summed E-state index contributed by atoms with van der Waals surface area (Å²) < 4.78 is 39.3. The van der Waals surface area contributed by atoms with Crippen molar-refractivity contribution in [3.63, 3.8) is 0 Å². The lowest BCUT2D eigenvalue weighted by molar-refractivity contribution is -0.151. The molecule has 0 bridgehead atoms. The summed E-state index contributed by atoms with van der Waals surface area (Å²) in [6, 6.07) is 11.2. The van der Waals surface area contributed by atoms with Crippen molar-refractivity contribution in [3.8, 4) is 0 Å². The second kappa shape index (κ2) is 9.93. The summed E-state index contributed by atoms with van der Waals surface area (Å²) in [7, 11) is -3.92. The quantitative estimate of drug-likeness (QED) is 0.645. The monoisotopic (exact) mass is 474 g/mol. The van der Waals surface area contributed by atoms with Gasteiger partial charge >= 0.3 is 5.97 Å². The Bertz CT molecular complexity index is 1140. The molecule has 0 aliphatic carbocycles. The smallest absolute Gasteiger partial charge is 0.339 e. The van der Waals surface area contributed by atoms with Crippen LogP contribution < -0.4 is 4.72 Å². The predicted molar refractivity (Wildman–Crippen MR) is 125 cm³/mol. The van der Waals surface area contributed by atoms with Crippen LogP contribution in [-0.4, -0.2) is 56.6 Å². The topological polar surface area (TPSA) is 102 Å². The Kier molecular flexibility index (Phi) is 7.44. The SMILES string of the molecule is Cc1cccc(NS(=O)(=O)c2ccc(C)c(C(=O)OC(C)C(=O)N3CC(C)OC(C)C3)c2)c1. The van der Waals surface area contributed by atoms with Crippen molar-refractivity contribution in [1.82, 2.24) is 4.90 Å². The van der Waals surface area contributed by atoms with Crippen molar-refractivity contribution in [2.75, 3.05) is 17.8 Å². The molecule has 1 heterocycles. The molecule has 1 aliphatic heterocycles. The van der Waals surface area contributed by atoms with E-state index in [9.17, 15) is 18.0 Å². The van der Waals surface area contributed by atoms with Crippen LogP contribution in [0.15, 0.2) is 47.4 Å². The van der Waals surface area contributed by atoms with Gasteiger partial charge in [-0.25, -0.2) is 13.2 Å². The van der Waals surface area contributed by atoms with E-state index in [1.54, 1.807) is 36.1 Å². The maximum absolute atomic E-state index is 12.9. The van der Waals surface area contributed by atoms with Gasteiger partial charge in [0.1, 0.15) is 0 Å². The molecule has 178 valence electrons. The first kappa shape index (κ1) is 24.7. The Hall–Kier alpha value is -2.91. The molecular weight excluding hydrogens is 444 g/mol. The van der Waals surface area contributed by atoms with E-state index in [1.165, 1.54) is 19.1 Å². The van der Waals surface area contributed by atoms with Gasteiger partial charge in [0.15, 0.2) is 6.10 Å². The van der Waals surface area contributed by atoms with Gasteiger partial charge in [0.25, 0.3) is 15.9 Å². The van der Waals surface area contributed by atoms with E-state index in [0.29, 0.717) is 24.3 Å². The predicted octanol–water partition coefficient (Wildman–Crippen LogP) is 3.29. The average molecular weight is 475 g/mol. The summed E-state index contributed by atoms with van der Waals surface area (Å²) in [5.41, 5.74) is 1.97. The summed E-state index contributed by atoms with van der Waals surface area (Å²) in [5, 5.41) is 0. The molecule has 3 rings (SSSR count). The van der Waals surface area contributed by atoms with Gasteiger partial charge in [0, 0.05) is 18.8 Å². The molecule has 1 fully saturated rings. The van der Waals surface area contributed by atoms with Crippen molar-refractivity contribution in [2.24, 2.45) is 0 Å². The third-order valence-corrected chi connectivity index (χ3v) is 6.75. The molecule has 33 heavy (non-hydrogen) atoms. The molecule has 2 aromatic carbocycles. The largest absolute Gasteiger partial charge is 0.449 e. The van der Waals surface area contributed by atoms with Crippen molar-refractivity contribution < 1.29 is 27.5 Å². The number of aryl methyl sites for hydroxylation is 2. The van der Waals surface area contributed by atoms with Crippen LogP contribution in [0.4, 0.5) is 5.69 Å². The highest BCUT2D eigenvalue weighted by Crippen LogP contribution is 2.21. The number of ether oxygens (including phenoxy) is 2. The molecule has 0 aromatic heterocycles. The van der Waals surface area contributed by atoms with E-state index < -0.39 is 22.1 Å². The van der Waals surface area contributed by atoms with Crippen LogP contribution in [0, 0.1) is 13.8 Å². The van der Waals surface area contributed by atoms with Crippen LogP contribution in [0.3, 0.4) is 0 Å². The Balaban J connectivity index is 1.75. The van der Waals surface area contributed by atoms with Crippen molar-refractivity contribution >= 4 is 27.6 Å². The summed E-state index contributed by atoms with van der Waals surface area (Å²) in [6.45, 7) is 9.65. The number of benzene rings is 2. The standard InChI is InChI=1S/C24H30N2O6S/c1-15-7-6-8-20(11-15)25-33(29,30)21-10-9-16(2)22(12-21)24(28)32-19(5)23(27)26-13-17(3)31-18(4)14-26/h6-12,17-19,25H,13-14H2,1-5H3. The fourth-order valence-corrected chi connectivity index (χ4v) is 4.88. The number of morpholine rings is 1. The fourth-order valence-electron chi connectivity index (χ4n) is 3.80. The lowest BCUT2D eigenvalue weighted by Crippen LogP contribution is -2.51. The van der Waals surface area contributed by atoms with Crippen LogP contribution in [0.5, 0.6) is 0 Å². The third kappa shape index (κ3) is 6.11. The van der Waals surface area contributed by atoms with Gasteiger partial charge in [-0.3, -0.25) is 9.52 Å². The van der Waals surface area contributed by atoms with E-state index in [2.05, 4.69) is 4.72 Å². The molecule has 3 atom stereocenters. The van der Waals surface area contributed by atoms with E-state index in [0.717, 1.165) is 5.56 Å². The third-order valence-electron chi connectivity index (χ3n) is 5.37. The first-order valence-corrected chi connectivity index (χ1v) is 12.3. The van der Waals surface area contributed by atoms with Gasteiger partial charge in [0.2, 0.25) is 0 Å². The molecule has 0 saturated carbocycles. The Morgan fingerprint density at radius 1 is 1.09 bits per heavy atom. The second-order valence-electron chi connectivity index (χ2n) is 8.50. The highest BCUT2D eigenvalue weighted by Gasteiger charge is 2.31. The van der Waals surface area contributed by atoms with Gasteiger partial charge in [-0.05, 0) is 70.0 Å². The highest BCUT2D eigenvalue weighted by molar-refractivity contribution is 7.92. The Labute approximate surface area is 194 Å². The van der Waals surface area contributed by atoms with Crippen LogP contribution >= 0.6 is 0 Å². The number of hydrogen-bond donors (Lipinski definition) is 1.